The van der Waals surface area contributed by atoms with Gasteiger partial charge in [-0.1, -0.05) is 26.7 Å². The summed E-state index contributed by atoms with van der Waals surface area (Å²) >= 11 is 0. The molecule has 0 radical (unpaired) electrons. The Morgan fingerprint density at radius 2 is 1.90 bits per heavy atom. The molecule has 0 spiro atoms. The van der Waals surface area contributed by atoms with Crippen molar-refractivity contribution in [2.45, 2.75) is 77.0 Å². The summed E-state index contributed by atoms with van der Waals surface area (Å²) in [7, 11) is 0.439. The predicted octanol–water partition coefficient (Wildman–Crippen LogP) is 2.98. The van der Waals surface area contributed by atoms with Gasteiger partial charge in [-0.05, 0) is 49.5 Å². The molecule has 1 aromatic rings. The van der Waals surface area contributed by atoms with Gasteiger partial charge in [-0.15, -0.1) is 0 Å². The molecule has 4 rings (SSSR count). The fourth-order valence-electron chi connectivity index (χ4n) is 6.40. The number of aromatic nitrogens is 1. The number of pyridine rings is 1. The molecule has 0 saturated heterocycles. The molecule has 3 aliphatic carbocycles. The molecule has 3 fully saturated rings. The van der Waals surface area contributed by atoms with Crippen LogP contribution in [0.25, 0.3) is 0 Å². The summed E-state index contributed by atoms with van der Waals surface area (Å²) in [6, 6.07) is 3.78. The second-order valence-corrected chi connectivity index (χ2v) is 12.4. The standard InChI is InChI=1S/C23H38N4O3S/c1-22(2)16-9-11-23(22,20(28)13-16)15-31(29,30)26-19-8-6-5-7-18(19)25-21-14-17(27(3)4)10-12-24-21/h10,12,14,16,18-20,26,28H,5-9,11,13,15H2,1-4H3,(H,24,25)/t16-,18-,19-,20-,23-/m1/s1. The zero-order chi connectivity index (χ0) is 22.4. The van der Waals surface area contributed by atoms with Gasteiger partial charge in [0.25, 0.3) is 0 Å². The molecule has 5 atom stereocenters. The molecular weight excluding hydrogens is 412 g/mol. The first-order valence-corrected chi connectivity index (χ1v) is 13.3. The van der Waals surface area contributed by atoms with Crippen LogP contribution in [0.2, 0.25) is 0 Å². The second kappa shape index (κ2) is 8.19. The Balaban J connectivity index is 1.48. The van der Waals surface area contributed by atoms with Gasteiger partial charge in [0.15, 0.2) is 0 Å². The number of hydrogen-bond acceptors (Lipinski definition) is 6. The summed E-state index contributed by atoms with van der Waals surface area (Å²) < 4.78 is 29.7. The van der Waals surface area contributed by atoms with E-state index in [1.807, 2.05) is 31.1 Å². The smallest absolute Gasteiger partial charge is 0.212 e. The number of rotatable bonds is 7. The van der Waals surface area contributed by atoms with E-state index >= 15 is 0 Å². The van der Waals surface area contributed by atoms with Crippen molar-refractivity contribution in [2.75, 3.05) is 30.1 Å². The van der Waals surface area contributed by atoms with Gasteiger partial charge in [-0.25, -0.2) is 18.1 Å². The van der Waals surface area contributed by atoms with Crippen LogP contribution < -0.4 is 14.9 Å². The molecule has 0 aliphatic heterocycles. The second-order valence-electron chi connectivity index (χ2n) is 10.7. The van der Waals surface area contributed by atoms with Crippen molar-refractivity contribution in [3.8, 4) is 0 Å². The maximum Gasteiger partial charge on any atom is 0.212 e. The normalized spacial score (nSPS) is 34.6. The maximum atomic E-state index is 13.3. The minimum Gasteiger partial charge on any atom is -0.392 e. The van der Waals surface area contributed by atoms with Crippen LogP contribution in [-0.2, 0) is 10.0 Å². The van der Waals surface area contributed by atoms with Crippen LogP contribution in [0, 0.1) is 16.7 Å². The number of anilines is 2. The van der Waals surface area contributed by atoms with Gasteiger partial charge in [-0.2, -0.15) is 0 Å². The van der Waals surface area contributed by atoms with Crippen LogP contribution in [-0.4, -0.2) is 56.5 Å². The van der Waals surface area contributed by atoms with Crippen molar-refractivity contribution in [3.63, 3.8) is 0 Å². The zero-order valence-electron chi connectivity index (χ0n) is 19.3. The highest BCUT2D eigenvalue weighted by molar-refractivity contribution is 7.89. The zero-order valence-corrected chi connectivity index (χ0v) is 20.1. The predicted molar refractivity (Wildman–Crippen MR) is 125 cm³/mol. The van der Waals surface area contributed by atoms with Crippen LogP contribution >= 0.6 is 0 Å². The highest BCUT2D eigenvalue weighted by atomic mass is 32.2. The summed E-state index contributed by atoms with van der Waals surface area (Å²) in [5.41, 5.74) is 0.364. The Labute approximate surface area is 187 Å². The Morgan fingerprint density at radius 1 is 1.19 bits per heavy atom. The van der Waals surface area contributed by atoms with Gasteiger partial charge >= 0.3 is 0 Å². The Kier molecular flexibility index (Phi) is 6.03. The Bertz CT molecular complexity index is 904. The van der Waals surface area contributed by atoms with Crippen LogP contribution in [0.4, 0.5) is 11.5 Å². The molecule has 3 saturated carbocycles. The maximum absolute atomic E-state index is 13.3. The lowest BCUT2D eigenvalue weighted by Gasteiger charge is -2.41. The first-order chi connectivity index (χ1) is 14.5. The van der Waals surface area contributed by atoms with E-state index in [-0.39, 0.29) is 23.3 Å². The summed E-state index contributed by atoms with van der Waals surface area (Å²) in [4.78, 5) is 6.47. The van der Waals surface area contributed by atoms with Crippen molar-refractivity contribution in [1.29, 1.82) is 0 Å². The number of nitrogens with one attached hydrogen (secondary N) is 2. The van der Waals surface area contributed by atoms with Gasteiger partial charge in [0, 0.05) is 49.5 Å². The fourth-order valence-corrected chi connectivity index (χ4v) is 8.62. The minimum atomic E-state index is -3.54. The first kappa shape index (κ1) is 22.8. The molecule has 0 aromatic carbocycles. The molecule has 3 N–H and O–H groups in total. The fraction of sp³-hybridized carbons (Fsp3) is 0.783. The molecular formula is C23H38N4O3S. The van der Waals surface area contributed by atoms with E-state index < -0.39 is 21.5 Å². The summed E-state index contributed by atoms with van der Waals surface area (Å²) in [6.07, 6.45) is 7.58. The van der Waals surface area contributed by atoms with E-state index in [9.17, 15) is 13.5 Å². The number of sulfonamides is 1. The molecule has 31 heavy (non-hydrogen) atoms. The molecule has 0 amide bonds. The number of aliphatic hydroxyl groups is 1. The quantitative estimate of drug-likeness (QED) is 0.591. The number of fused-ring (bicyclic) bond motifs is 2. The average Bonchev–Trinajstić information content (AvgIpc) is 3.03. The van der Waals surface area contributed by atoms with Crippen molar-refractivity contribution in [3.05, 3.63) is 18.3 Å². The summed E-state index contributed by atoms with van der Waals surface area (Å²) in [5, 5.41) is 14.3. The lowest BCUT2D eigenvalue weighted by atomic mass is 9.70. The molecule has 1 aromatic heterocycles. The molecule has 7 nitrogen and oxygen atoms in total. The van der Waals surface area contributed by atoms with Crippen LogP contribution in [0.1, 0.15) is 58.8 Å². The largest absolute Gasteiger partial charge is 0.392 e. The van der Waals surface area contributed by atoms with E-state index in [0.717, 1.165) is 56.5 Å². The van der Waals surface area contributed by atoms with Crippen molar-refractivity contribution < 1.29 is 13.5 Å². The lowest BCUT2D eigenvalue weighted by molar-refractivity contribution is 0.0151. The summed E-state index contributed by atoms with van der Waals surface area (Å²) in [5.74, 6) is 1.20. The van der Waals surface area contributed by atoms with Gasteiger partial charge in [-0.3, -0.25) is 0 Å². The highest BCUT2D eigenvalue weighted by Gasteiger charge is 2.65. The van der Waals surface area contributed by atoms with Crippen molar-refractivity contribution >= 4 is 21.5 Å². The van der Waals surface area contributed by atoms with Gasteiger partial charge < -0.3 is 15.3 Å². The monoisotopic (exact) mass is 450 g/mol. The van der Waals surface area contributed by atoms with Crippen molar-refractivity contribution in [1.82, 2.24) is 9.71 Å². The topological polar surface area (TPSA) is 94.6 Å². The molecule has 3 aliphatic rings. The summed E-state index contributed by atoms with van der Waals surface area (Å²) in [6.45, 7) is 4.29. The minimum absolute atomic E-state index is 0.00350. The van der Waals surface area contributed by atoms with Gasteiger partial charge in [0.1, 0.15) is 5.82 Å². The lowest BCUT2D eigenvalue weighted by Crippen LogP contribution is -2.53. The van der Waals surface area contributed by atoms with Gasteiger partial charge in [0.05, 0.1) is 11.9 Å². The van der Waals surface area contributed by atoms with E-state index in [0.29, 0.717) is 5.92 Å². The Hall–Kier alpha value is -1.38. The van der Waals surface area contributed by atoms with E-state index in [1.165, 1.54) is 0 Å². The molecule has 2 bridgehead atoms. The average molecular weight is 451 g/mol. The Morgan fingerprint density at radius 3 is 2.52 bits per heavy atom. The van der Waals surface area contributed by atoms with Crippen LogP contribution in [0.3, 0.4) is 0 Å². The van der Waals surface area contributed by atoms with Crippen LogP contribution in [0.5, 0.6) is 0 Å². The molecule has 0 unspecified atom stereocenters. The third kappa shape index (κ3) is 4.18. The highest BCUT2D eigenvalue weighted by Crippen LogP contribution is 2.66. The SMILES string of the molecule is CN(C)c1ccnc(N[C@@H]2CCCC[C@H]2NS(=O)(=O)C[C@]23CC[C@H](C[C@H]2O)C3(C)C)c1. The van der Waals surface area contributed by atoms with Crippen molar-refractivity contribution in [2.24, 2.45) is 16.7 Å². The van der Waals surface area contributed by atoms with Gasteiger partial charge in [0.2, 0.25) is 10.0 Å². The molecule has 8 heteroatoms. The number of nitrogens with zero attached hydrogens (tertiary/aromatic N) is 2. The third-order valence-electron chi connectivity index (χ3n) is 8.53. The molecule has 1 heterocycles. The first-order valence-electron chi connectivity index (χ1n) is 11.6. The van der Waals surface area contributed by atoms with E-state index in [4.69, 9.17) is 0 Å². The van der Waals surface area contributed by atoms with E-state index in [2.05, 4.69) is 28.9 Å². The molecule has 174 valence electrons. The van der Waals surface area contributed by atoms with E-state index in [1.54, 1.807) is 6.20 Å². The van der Waals surface area contributed by atoms with Crippen LogP contribution in [0.15, 0.2) is 18.3 Å². The number of aliphatic hydroxyl groups excluding tert-OH is 1. The third-order valence-corrected chi connectivity index (χ3v) is 10.1. The number of hydrogen-bond donors (Lipinski definition) is 3.